The van der Waals surface area contributed by atoms with E-state index in [-0.39, 0.29) is 30.1 Å². The molecule has 1 heterocycles. The van der Waals surface area contributed by atoms with Gasteiger partial charge in [0, 0.05) is 50.7 Å². The molecule has 1 atom stereocenters. The first-order valence-corrected chi connectivity index (χ1v) is 9.74. The Morgan fingerprint density at radius 3 is 2.76 bits per heavy atom. The molecular weight excluding hydrogens is 334 g/mol. The smallest absolute Gasteiger partial charge is 0.221 e. The van der Waals surface area contributed by atoms with Crippen LogP contribution in [-0.4, -0.2) is 68.6 Å². The Balaban J connectivity index is 0.00000400. The summed E-state index contributed by atoms with van der Waals surface area (Å²) in [7, 11) is -1.54. The van der Waals surface area contributed by atoms with Crippen molar-refractivity contribution < 1.29 is 13.2 Å². The average molecular weight is 360 g/mol. The van der Waals surface area contributed by atoms with Crippen molar-refractivity contribution in [3.63, 3.8) is 0 Å². The van der Waals surface area contributed by atoms with E-state index in [1.807, 2.05) is 11.8 Å². The molecule has 1 saturated heterocycles. The molecule has 6 nitrogen and oxygen atoms in total. The van der Waals surface area contributed by atoms with E-state index < -0.39 is 10.0 Å². The van der Waals surface area contributed by atoms with Gasteiger partial charge in [0.05, 0.1) is 5.75 Å². The van der Waals surface area contributed by atoms with E-state index in [1.54, 1.807) is 14.0 Å². The molecule has 21 heavy (non-hydrogen) atoms. The number of thioether (sulfide) groups is 1. The zero-order chi connectivity index (χ0) is 15.0. The van der Waals surface area contributed by atoms with Gasteiger partial charge < -0.3 is 10.6 Å². The van der Waals surface area contributed by atoms with Crippen LogP contribution in [0.15, 0.2) is 0 Å². The highest BCUT2D eigenvalue weighted by Crippen LogP contribution is 2.09. The van der Waals surface area contributed by atoms with Crippen molar-refractivity contribution in [2.24, 2.45) is 0 Å². The van der Waals surface area contributed by atoms with Crippen molar-refractivity contribution in [3.8, 4) is 0 Å². The van der Waals surface area contributed by atoms with Crippen molar-refractivity contribution in [2.75, 3.05) is 43.9 Å². The fraction of sp³-hybridized carbons (Fsp3) is 0.917. The van der Waals surface area contributed by atoms with Gasteiger partial charge in [-0.15, -0.1) is 12.4 Å². The molecule has 0 aromatic rings. The maximum atomic E-state index is 11.7. The van der Waals surface area contributed by atoms with Crippen molar-refractivity contribution in [1.82, 2.24) is 14.9 Å². The number of amides is 1. The lowest BCUT2D eigenvalue weighted by Crippen LogP contribution is -2.41. The molecule has 0 spiro atoms. The number of hydrogen-bond donors (Lipinski definition) is 2. The third-order valence-electron chi connectivity index (χ3n) is 3.24. The number of carbonyl (C=O) groups is 1. The molecule has 0 bridgehead atoms. The van der Waals surface area contributed by atoms with Gasteiger partial charge >= 0.3 is 0 Å². The molecule has 2 N–H and O–H groups in total. The molecule has 1 aliphatic heterocycles. The van der Waals surface area contributed by atoms with E-state index in [2.05, 4.69) is 10.6 Å². The number of hydrogen-bond acceptors (Lipinski definition) is 5. The van der Waals surface area contributed by atoms with Gasteiger partial charge in [0.15, 0.2) is 0 Å². The van der Waals surface area contributed by atoms with Crippen LogP contribution in [0.4, 0.5) is 0 Å². The molecule has 1 unspecified atom stereocenters. The largest absolute Gasteiger partial charge is 0.356 e. The summed E-state index contributed by atoms with van der Waals surface area (Å²) in [6.45, 7) is 3.54. The molecule has 1 amide bonds. The highest BCUT2D eigenvalue weighted by Gasteiger charge is 2.17. The van der Waals surface area contributed by atoms with Crippen LogP contribution in [0, 0.1) is 0 Å². The number of rotatable bonds is 8. The van der Waals surface area contributed by atoms with Gasteiger partial charge in [0.25, 0.3) is 0 Å². The SMILES string of the molecule is CCS(=O)(=O)N(C)CCCNC(=O)CC1CSCCN1.Cl. The van der Waals surface area contributed by atoms with Crippen LogP contribution in [0.25, 0.3) is 0 Å². The Hall–Kier alpha value is -0.0200. The van der Waals surface area contributed by atoms with Gasteiger partial charge in [-0.05, 0) is 13.3 Å². The molecule has 126 valence electrons. The van der Waals surface area contributed by atoms with Crippen LogP contribution in [0.5, 0.6) is 0 Å². The summed E-state index contributed by atoms with van der Waals surface area (Å²) in [5.74, 6) is 2.23. The Labute approximate surface area is 138 Å². The molecule has 0 saturated carbocycles. The van der Waals surface area contributed by atoms with Crippen LogP contribution in [0.2, 0.25) is 0 Å². The number of nitrogens with zero attached hydrogens (tertiary/aromatic N) is 1. The van der Waals surface area contributed by atoms with E-state index in [0.717, 1.165) is 18.1 Å². The van der Waals surface area contributed by atoms with Gasteiger partial charge in [0.1, 0.15) is 0 Å². The standard InChI is InChI=1S/C12H25N3O3S2.ClH/c1-3-20(17,18)15(2)7-4-5-14-12(16)9-11-10-19-8-6-13-11;/h11,13H,3-10H2,1-2H3,(H,14,16);1H. The lowest BCUT2D eigenvalue weighted by molar-refractivity contribution is -0.121. The minimum atomic E-state index is -3.11. The molecular formula is C12H26ClN3O3S2. The predicted octanol–water partition coefficient (Wildman–Crippen LogP) is 0.291. The topological polar surface area (TPSA) is 78.5 Å². The van der Waals surface area contributed by atoms with Crippen LogP contribution in [0.3, 0.4) is 0 Å². The maximum Gasteiger partial charge on any atom is 0.221 e. The fourth-order valence-electron chi connectivity index (χ4n) is 1.94. The fourth-order valence-corrected chi connectivity index (χ4v) is 3.73. The van der Waals surface area contributed by atoms with E-state index in [4.69, 9.17) is 0 Å². The van der Waals surface area contributed by atoms with Crippen molar-refractivity contribution in [2.45, 2.75) is 25.8 Å². The second kappa shape index (κ2) is 10.7. The summed E-state index contributed by atoms with van der Waals surface area (Å²) in [5.41, 5.74) is 0. The molecule has 1 aliphatic rings. The highest BCUT2D eigenvalue weighted by atomic mass is 35.5. The molecule has 0 aromatic heterocycles. The van der Waals surface area contributed by atoms with Gasteiger partial charge in [-0.2, -0.15) is 11.8 Å². The Bertz CT molecular complexity index is 401. The zero-order valence-electron chi connectivity index (χ0n) is 12.6. The quantitative estimate of drug-likeness (QED) is 0.609. The number of nitrogens with one attached hydrogen (secondary N) is 2. The van der Waals surface area contributed by atoms with E-state index >= 15 is 0 Å². The summed E-state index contributed by atoms with van der Waals surface area (Å²) < 4.78 is 24.4. The highest BCUT2D eigenvalue weighted by molar-refractivity contribution is 7.99. The molecule has 1 rings (SSSR count). The first-order chi connectivity index (χ1) is 9.45. The van der Waals surface area contributed by atoms with E-state index in [1.165, 1.54) is 4.31 Å². The Morgan fingerprint density at radius 2 is 2.19 bits per heavy atom. The molecule has 0 aliphatic carbocycles. The normalized spacial score (nSPS) is 19.1. The van der Waals surface area contributed by atoms with Gasteiger partial charge in [-0.25, -0.2) is 12.7 Å². The first kappa shape index (κ1) is 21.0. The first-order valence-electron chi connectivity index (χ1n) is 6.97. The van der Waals surface area contributed by atoms with Crippen molar-refractivity contribution in [3.05, 3.63) is 0 Å². The summed E-state index contributed by atoms with van der Waals surface area (Å²) >= 11 is 1.87. The van der Waals surface area contributed by atoms with E-state index in [0.29, 0.717) is 25.9 Å². The minimum Gasteiger partial charge on any atom is -0.356 e. The Morgan fingerprint density at radius 1 is 1.48 bits per heavy atom. The second-order valence-corrected chi connectivity index (χ2v) is 8.37. The second-order valence-electron chi connectivity index (χ2n) is 4.86. The third kappa shape index (κ3) is 8.25. The third-order valence-corrected chi connectivity index (χ3v) is 6.23. The van der Waals surface area contributed by atoms with Crippen LogP contribution in [0.1, 0.15) is 19.8 Å². The Kier molecular flexibility index (Phi) is 10.7. The van der Waals surface area contributed by atoms with Crippen LogP contribution >= 0.6 is 24.2 Å². The van der Waals surface area contributed by atoms with Crippen molar-refractivity contribution in [1.29, 1.82) is 0 Å². The summed E-state index contributed by atoms with van der Waals surface area (Å²) in [5, 5.41) is 6.16. The molecule has 0 radical (unpaired) electrons. The number of carbonyl (C=O) groups excluding carboxylic acids is 1. The predicted molar refractivity (Wildman–Crippen MR) is 90.7 cm³/mol. The molecule has 0 aromatic carbocycles. The van der Waals surface area contributed by atoms with Crippen LogP contribution < -0.4 is 10.6 Å². The maximum absolute atomic E-state index is 11.7. The van der Waals surface area contributed by atoms with Gasteiger partial charge in [-0.1, -0.05) is 0 Å². The molecule has 9 heteroatoms. The van der Waals surface area contributed by atoms with Gasteiger partial charge in [0.2, 0.25) is 15.9 Å². The lowest BCUT2D eigenvalue weighted by Gasteiger charge is -2.22. The zero-order valence-corrected chi connectivity index (χ0v) is 15.1. The number of sulfonamides is 1. The molecule has 1 fully saturated rings. The monoisotopic (exact) mass is 359 g/mol. The summed E-state index contributed by atoms with van der Waals surface area (Å²) in [6.07, 6.45) is 1.13. The number of halogens is 1. The average Bonchev–Trinajstić information content (AvgIpc) is 2.44. The van der Waals surface area contributed by atoms with Crippen molar-refractivity contribution >= 4 is 40.1 Å². The van der Waals surface area contributed by atoms with Gasteiger partial charge in [-0.3, -0.25) is 4.79 Å². The summed E-state index contributed by atoms with van der Waals surface area (Å²) in [6, 6.07) is 0.261. The minimum absolute atomic E-state index is 0. The van der Waals surface area contributed by atoms with E-state index in [9.17, 15) is 13.2 Å². The van der Waals surface area contributed by atoms with Crippen LogP contribution in [-0.2, 0) is 14.8 Å². The summed E-state index contributed by atoms with van der Waals surface area (Å²) in [4.78, 5) is 11.7. The lowest BCUT2D eigenvalue weighted by atomic mass is 10.2.